The molecule has 0 unspecified atom stereocenters. The van der Waals surface area contributed by atoms with Crippen molar-refractivity contribution in [3.05, 3.63) is 68.6 Å². The Morgan fingerprint density at radius 1 is 1.19 bits per heavy atom. The van der Waals surface area contributed by atoms with Crippen LogP contribution in [0.1, 0.15) is 11.1 Å². The number of nitrogens with zero attached hydrogens (tertiary/aromatic N) is 1. The van der Waals surface area contributed by atoms with Gasteiger partial charge in [-0.05, 0) is 29.5 Å². The summed E-state index contributed by atoms with van der Waals surface area (Å²) < 4.78 is 10.9. The molecule has 27 heavy (non-hydrogen) atoms. The third-order valence-electron chi connectivity index (χ3n) is 3.68. The Morgan fingerprint density at radius 3 is 2.52 bits per heavy atom. The molecule has 0 radical (unpaired) electrons. The molecule has 0 atom stereocenters. The molecular formula is C18H14N2O6S. The van der Waals surface area contributed by atoms with Crippen molar-refractivity contribution in [1.82, 2.24) is 5.32 Å². The first kappa shape index (κ1) is 18.5. The maximum atomic E-state index is 11.7. The molecule has 9 heteroatoms. The largest absolute Gasteiger partial charge is 0.493 e. The molecule has 1 saturated heterocycles. The molecule has 0 aliphatic carbocycles. The number of nitrogens with one attached hydrogen (secondary N) is 1. The maximum Gasteiger partial charge on any atom is 0.290 e. The van der Waals surface area contributed by atoms with Crippen LogP contribution in [0.5, 0.6) is 11.5 Å². The van der Waals surface area contributed by atoms with Gasteiger partial charge in [0.25, 0.3) is 16.8 Å². The number of nitro groups is 1. The van der Waals surface area contributed by atoms with Crippen molar-refractivity contribution in [3.8, 4) is 11.5 Å². The average Bonchev–Trinajstić information content (AvgIpc) is 2.97. The summed E-state index contributed by atoms with van der Waals surface area (Å²) in [6.45, 7) is 0.210. The Bertz CT molecular complexity index is 942. The van der Waals surface area contributed by atoms with Gasteiger partial charge in [-0.2, -0.15) is 0 Å². The molecule has 2 aromatic rings. The summed E-state index contributed by atoms with van der Waals surface area (Å²) >= 11 is 0.681. The number of benzene rings is 2. The quantitative estimate of drug-likeness (QED) is 0.460. The van der Waals surface area contributed by atoms with Gasteiger partial charge in [0, 0.05) is 0 Å². The van der Waals surface area contributed by atoms with E-state index >= 15 is 0 Å². The van der Waals surface area contributed by atoms with Gasteiger partial charge in [0.15, 0.2) is 11.5 Å². The molecule has 8 nitrogen and oxygen atoms in total. The summed E-state index contributed by atoms with van der Waals surface area (Å²) in [6.07, 6.45) is 1.28. The number of carbonyl (C=O) groups excluding carboxylic acids is 2. The highest BCUT2D eigenvalue weighted by atomic mass is 32.2. The summed E-state index contributed by atoms with van der Waals surface area (Å²) in [5.74, 6) is -0.115. The van der Waals surface area contributed by atoms with Gasteiger partial charge in [0.2, 0.25) is 0 Å². The summed E-state index contributed by atoms with van der Waals surface area (Å²) in [6, 6.07) is 12.0. The summed E-state index contributed by atoms with van der Waals surface area (Å²) in [4.78, 5) is 33.9. The molecule has 138 valence electrons. The molecule has 1 aliphatic heterocycles. The molecule has 1 heterocycles. The zero-order chi connectivity index (χ0) is 19.4. The third-order valence-corrected chi connectivity index (χ3v) is 4.49. The number of ether oxygens (including phenoxy) is 2. The second-order valence-electron chi connectivity index (χ2n) is 5.45. The lowest BCUT2D eigenvalue weighted by atomic mass is 10.1. The van der Waals surface area contributed by atoms with E-state index in [1.165, 1.54) is 25.3 Å². The fourth-order valence-electron chi connectivity index (χ4n) is 2.41. The van der Waals surface area contributed by atoms with E-state index in [1.807, 2.05) is 30.3 Å². The minimum atomic E-state index is -0.595. The number of thioether (sulfide) groups is 1. The zero-order valence-corrected chi connectivity index (χ0v) is 14.9. The van der Waals surface area contributed by atoms with Crippen molar-refractivity contribution >= 4 is 34.7 Å². The Kier molecular flexibility index (Phi) is 5.41. The Labute approximate surface area is 158 Å². The Morgan fingerprint density at radius 2 is 1.93 bits per heavy atom. The van der Waals surface area contributed by atoms with Gasteiger partial charge < -0.3 is 9.47 Å². The number of methoxy groups -OCH3 is 1. The SMILES string of the molecule is COc1cc(/C=C2\SC(=O)NC2=O)c([N+](=O)[O-])cc1OCc1ccccc1. The van der Waals surface area contributed by atoms with Gasteiger partial charge in [0.1, 0.15) is 6.61 Å². The standard InChI is InChI=1S/C18H14N2O6S/c1-25-14-7-12(8-16-17(21)19-18(22)27-16)13(20(23)24)9-15(14)26-10-11-5-3-2-4-6-11/h2-9H,10H2,1H3,(H,19,21,22)/b16-8-. The van der Waals surface area contributed by atoms with Gasteiger partial charge in [-0.1, -0.05) is 30.3 Å². The fourth-order valence-corrected chi connectivity index (χ4v) is 3.08. The van der Waals surface area contributed by atoms with Gasteiger partial charge in [0.05, 0.1) is 28.6 Å². The Hall–Kier alpha value is -3.33. The van der Waals surface area contributed by atoms with E-state index < -0.39 is 16.1 Å². The summed E-state index contributed by atoms with van der Waals surface area (Å²) in [5.41, 5.74) is 0.765. The van der Waals surface area contributed by atoms with Crippen molar-refractivity contribution in [3.63, 3.8) is 0 Å². The monoisotopic (exact) mass is 386 g/mol. The molecule has 2 amide bonds. The van der Waals surface area contributed by atoms with Gasteiger partial charge in [-0.15, -0.1) is 0 Å². The van der Waals surface area contributed by atoms with Crippen LogP contribution in [-0.4, -0.2) is 23.2 Å². The molecule has 0 spiro atoms. The first-order chi connectivity index (χ1) is 13.0. The lowest BCUT2D eigenvalue weighted by Gasteiger charge is -2.12. The minimum Gasteiger partial charge on any atom is -0.493 e. The maximum absolute atomic E-state index is 11.7. The van der Waals surface area contributed by atoms with Crippen LogP contribution < -0.4 is 14.8 Å². The number of nitro benzene ring substituents is 1. The predicted molar refractivity (Wildman–Crippen MR) is 99.5 cm³/mol. The van der Waals surface area contributed by atoms with Crippen LogP contribution in [0.15, 0.2) is 47.4 Å². The van der Waals surface area contributed by atoms with Crippen molar-refractivity contribution in [1.29, 1.82) is 0 Å². The second kappa shape index (κ2) is 7.92. The summed E-state index contributed by atoms with van der Waals surface area (Å²) in [7, 11) is 1.41. The van der Waals surface area contributed by atoms with Crippen molar-refractivity contribution < 1.29 is 24.0 Å². The van der Waals surface area contributed by atoms with E-state index in [2.05, 4.69) is 5.32 Å². The number of imide groups is 1. The van der Waals surface area contributed by atoms with Gasteiger partial charge in [-0.25, -0.2) is 0 Å². The highest BCUT2D eigenvalue weighted by Gasteiger charge is 2.27. The predicted octanol–water partition coefficient (Wildman–Crippen LogP) is 3.51. The Balaban J connectivity index is 1.95. The minimum absolute atomic E-state index is 0.0723. The molecule has 0 saturated carbocycles. The van der Waals surface area contributed by atoms with E-state index in [9.17, 15) is 19.7 Å². The molecule has 3 rings (SSSR count). The van der Waals surface area contributed by atoms with E-state index in [4.69, 9.17) is 9.47 Å². The smallest absolute Gasteiger partial charge is 0.290 e. The van der Waals surface area contributed by atoms with Crippen molar-refractivity contribution in [2.75, 3.05) is 7.11 Å². The van der Waals surface area contributed by atoms with Gasteiger partial charge in [-0.3, -0.25) is 25.0 Å². The van der Waals surface area contributed by atoms with Crippen LogP contribution in [0.3, 0.4) is 0 Å². The molecule has 0 bridgehead atoms. The van der Waals surface area contributed by atoms with Crippen LogP contribution >= 0.6 is 11.8 Å². The van der Waals surface area contributed by atoms with Crippen LogP contribution in [0, 0.1) is 10.1 Å². The fraction of sp³-hybridized carbons (Fsp3) is 0.111. The molecular weight excluding hydrogens is 372 g/mol. The third kappa shape index (κ3) is 4.26. The van der Waals surface area contributed by atoms with Crippen molar-refractivity contribution in [2.45, 2.75) is 6.61 Å². The van der Waals surface area contributed by atoms with Crippen LogP contribution in [0.2, 0.25) is 0 Å². The van der Waals surface area contributed by atoms with Crippen molar-refractivity contribution in [2.24, 2.45) is 0 Å². The highest BCUT2D eigenvalue weighted by molar-refractivity contribution is 8.18. The number of rotatable bonds is 6. The summed E-state index contributed by atoms with van der Waals surface area (Å²) in [5, 5.41) is 13.1. The first-order valence-corrected chi connectivity index (χ1v) is 8.57. The van der Waals surface area contributed by atoms with E-state index in [0.29, 0.717) is 11.8 Å². The molecule has 0 aromatic heterocycles. The van der Waals surface area contributed by atoms with Crippen LogP contribution in [0.4, 0.5) is 10.5 Å². The topological polar surface area (TPSA) is 108 Å². The molecule has 1 aliphatic rings. The van der Waals surface area contributed by atoms with E-state index in [-0.39, 0.29) is 34.3 Å². The second-order valence-corrected chi connectivity index (χ2v) is 6.46. The number of amides is 2. The lowest BCUT2D eigenvalue weighted by Crippen LogP contribution is -2.17. The molecule has 2 aromatic carbocycles. The molecule has 1 N–H and O–H groups in total. The molecule has 1 fully saturated rings. The number of carbonyl (C=O) groups is 2. The zero-order valence-electron chi connectivity index (χ0n) is 14.1. The number of hydrogen-bond acceptors (Lipinski definition) is 7. The van der Waals surface area contributed by atoms with Crippen LogP contribution in [-0.2, 0) is 11.4 Å². The first-order valence-electron chi connectivity index (χ1n) is 7.76. The normalized spacial score (nSPS) is 14.9. The lowest BCUT2D eigenvalue weighted by molar-refractivity contribution is -0.385. The average molecular weight is 386 g/mol. The van der Waals surface area contributed by atoms with E-state index in [1.54, 1.807) is 0 Å². The van der Waals surface area contributed by atoms with E-state index in [0.717, 1.165) is 5.56 Å². The van der Waals surface area contributed by atoms with Gasteiger partial charge >= 0.3 is 0 Å². The van der Waals surface area contributed by atoms with Crippen LogP contribution in [0.25, 0.3) is 6.08 Å². The highest BCUT2D eigenvalue weighted by Crippen LogP contribution is 2.37. The number of hydrogen-bond donors (Lipinski definition) is 1.